The van der Waals surface area contributed by atoms with Crippen LogP contribution in [0.4, 0.5) is 0 Å². The Bertz CT molecular complexity index is 723. The van der Waals surface area contributed by atoms with E-state index in [0.717, 1.165) is 12.3 Å². The Hall–Kier alpha value is -0.840. The molecule has 0 amide bonds. The van der Waals surface area contributed by atoms with Gasteiger partial charge in [0.25, 0.3) is 0 Å². The predicted molar refractivity (Wildman–Crippen MR) is 117 cm³/mol. The van der Waals surface area contributed by atoms with E-state index in [-0.39, 0.29) is 0 Å². The summed E-state index contributed by atoms with van der Waals surface area (Å²) in [6, 6.07) is 6.54. The third kappa shape index (κ3) is 4.18. The van der Waals surface area contributed by atoms with Gasteiger partial charge >= 0.3 is 0 Å². The van der Waals surface area contributed by atoms with Crippen molar-refractivity contribution in [3.8, 4) is 5.75 Å². The lowest BCUT2D eigenvalue weighted by Gasteiger charge is -2.33. The third-order valence-corrected chi connectivity index (χ3v) is 7.32. The Kier molecular flexibility index (Phi) is 6.15. The van der Waals surface area contributed by atoms with Gasteiger partial charge in [0.2, 0.25) is 0 Å². The average Bonchev–Trinajstić information content (AvgIpc) is 2.92. The molecule has 1 heterocycles. The number of hydrogen-bond donors (Lipinski definition) is 2. The SMILES string of the molecule is C=C(C)C1C2=C(CCC(C)(C)C2)SC1c1ccc(OCCNS)cc1C. The molecule has 0 fully saturated rings. The van der Waals surface area contributed by atoms with Crippen LogP contribution in [0.5, 0.6) is 5.75 Å². The van der Waals surface area contributed by atoms with Crippen LogP contribution in [0, 0.1) is 18.3 Å². The zero-order valence-electron chi connectivity index (χ0n) is 16.4. The van der Waals surface area contributed by atoms with E-state index in [1.807, 2.05) is 0 Å². The van der Waals surface area contributed by atoms with E-state index in [9.17, 15) is 0 Å². The molecule has 0 spiro atoms. The highest BCUT2D eigenvalue weighted by atomic mass is 32.2. The number of allylic oxidation sites excluding steroid dienone is 3. The molecule has 2 nitrogen and oxygen atoms in total. The first-order valence-corrected chi connectivity index (χ1v) is 10.8. The van der Waals surface area contributed by atoms with E-state index in [1.165, 1.54) is 36.0 Å². The second-order valence-corrected chi connectivity index (χ2v) is 9.98. The minimum Gasteiger partial charge on any atom is -0.492 e. The van der Waals surface area contributed by atoms with Crippen molar-refractivity contribution in [3.05, 3.63) is 52.0 Å². The van der Waals surface area contributed by atoms with Gasteiger partial charge in [-0.25, -0.2) is 0 Å². The highest BCUT2D eigenvalue weighted by Crippen LogP contribution is 2.60. The Morgan fingerprint density at radius 2 is 2.19 bits per heavy atom. The number of nitrogens with one attached hydrogen (secondary N) is 1. The van der Waals surface area contributed by atoms with Crippen LogP contribution in [0.3, 0.4) is 0 Å². The number of rotatable bonds is 6. The van der Waals surface area contributed by atoms with E-state index in [4.69, 9.17) is 4.74 Å². The molecule has 26 heavy (non-hydrogen) atoms. The molecule has 0 saturated carbocycles. The summed E-state index contributed by atoms with van der Waals surface area (Å²) >= 11 is 6.08. The van der Waals surface area contributed by atoms with Crippen LogP contribution in [0.15, 0.2) is 40.8 Å². The van der Waals surface area contributed by atoms with E-state index in [1.54, 1.807) is 10.5 Å². The fraction of sp³-hybridized carbons (Fsp3) is 0.545. The van der Waals surface area contributed by atoms with Crippen molar-refractivity contribution >= 4 is 24.6 Å². The predicted octanol–water partition coefficient (Wildman–Crippen LogP) is 6.25. The Morgan fingerprint density at radius 3 is 2.85 bits per heavy atom. The Balaban J connectivity index is 1.84. The topological polar surface area (TPSA) is 21.3 Å². The molecule has 0 aromatic heterocycles. The van der Waals surface area contributed by atoms with Crippen molar-refractivity contribution in [2.45, 2.75) is 52.2 Å². The number of aryl methyl sites for hydroxylation is 1. The zero-order chi connectivity index (χ0) is 18.9. The van der Waals surface area contributed by atoms with Gasteiger partial charge < -0.3 is 4.74 Å². The molecule has 142 valence electrons. The average molecular weight is 390 g/mol. The van der Waals surface area contributed by atoms with Crippen LogP contribution in [0.1, 0.15) is 56.4 Å². The number of hydrogen-bond acceptors (Lipinski definition) is 4. The molecule has 4 heteroatoms. The molecule has 1 aliphatic heterocycles. The summed E-state index contributed by atoms with van der Waals surface area (Å²) in [5.74, 6) is 1.40. The molecular weight excluding hydrogens is 358 g/mol. The van der Waals surface area contributed by atoms with Gasteiger partial charge in [-0.1, -0.05) is 50.5 Å². The zero-order valence-corrected chi connectivity index (χ0v) is 18.1. The highest BCUT2D eigenvalue weighted by Gasteiger charge is 2.41. The smallest absolute Gasteiger partial charge is 0.119 e. The maximum absolute atomic E-state index is 5.79. The van der Waals surface area contributed by atoms with Gasteiger partial charge in [0.1, 0.15) is 12.4 Å². The van der Waals surface area contributed by atoms with Gasteiger partial charge in [-0.05, 0) is 66.7 Å². The lowest BCUT2D eigenvalue weighted by molar-refractivity contribution is 0.308. The highest BCUT2D eigenvalue weighted by molar-refractivity contribution is 8.03. The molecule has 1 aromatic carbocycles. The van der Waals surface area contributed by atoms with Crippen molar-refractivity contribution < 1.29 is 4.74 Å². The first-order valence-electron chi connectivity index (χ1n) is 9.46. The lowest BCUT2D eigenvalue weighted by Crippen LogP contribution is -2.20. The molecule has 2 aliphatic rings. The number of thiol groups is 1. The van der Waals surface area contributed by atoms with Crippen LogP contribution in [-0.4, -0.2) is 13.2 Å². The summed E-state index contributed by atoms with van der Waals surface area (Å²) in [5, 5.41) is 0.458. The van der Waals surface area contributed by atoms with Crippen LogP contribution in [0.2, 0.25) is 0 Å². The van der Waals surface area contributed by atoms with Gasteiger partial charge in [0.05, 0.1) is 0 Å². The maximum atomic E-state index is 5.79. The quantitative estimate of drug-likeness (QED) is 0.341. The first-order chi connectivity index (χ1) is 12.3. The summed E-state index contributed by atoms with van der Waals surface area (Å²) in [4.78, 5) is 1.63. The maximum Gasteiger partial charge on any atom is 0.119 e. The summed E-state index contributed by atoms with van der Waals surface area (Å²) < 4.78 is 8.61. The van der Waals surface area contributed by atoms with E-state index < -0.39 is 0 Å². The van der Waals surface area contributed by atoms with Gasteiger partial charge in [-0.3, -0.25) is 4.72 Å². The molecular formula is C22H31NOS2. The van der Waals surface area contributed by atoms with Crippen LogP contribution in [0.25, 0.3) is 0 Å². The second-order valence-electron chi connectivity index (χ2n) is 8.43. The monoisotopic (exact) mass is 389 g/mol. The number of thioether (sulfide) groups is 1. The van der Waals surface area contributed by atoms with Gasteiger partial charge in [-0.15, -0.1) is 11.8 Å². The van der Waals surface area contributed by atoms with Gasteiger partial charge in [0.15, 0.2) is 0 Å². The van der Waals surface area contributed by atoms with E-state index in [0.29, 0.717) is 23.2 Å². The Morgan fingerprint density at radius 1 is 1.42 bits per heavy atom. The summed E-state index contributed by atoms with van der Waals surface area (Å²) in [5.41, 5.74) is 6.10. The second kappa shape index (κ2) is 8.04. The molecule has 3 rings (SSSR count). The molecule has 0 saturated heterocycles. The van der Waals surface area contributed by atoms with Crippen LogP contribution in [-0.2, 0) is 0 Å². The summed E-state index contributed by atoms with van der Waals surface area (Å²) in [6.07, 6.45) is 3.73. The Labute approximate surface area is 168 Å². The van der Waals surface area contributed by atoms with Gasteiger partial charge in [-0.2, -0.15) is 0 Å². The molecule has 0 radical (unpaired) electrons. The number of benzene rings is 1. The molecule has 1 aromatic rings. The summed E-state index contributed by atoms with van der Waals surface area (Å²) in [7, 11) is 0. The normalized spacial score (nSPS) is 24.5. The standard InChI is InChI=1S/C22H31NOS2/c1-14(2)20-18-13-22(4,5)9-8-19(18)26-21(20)17-7-6-16(12-15(17)3)24-11-10-23-25/h6-7,12,20-21,23,25H,1,8-11,13H2,2-5H3. The minimum atomic E-state index is 0.412. The first kappa shape index (κ1) is 19.9. The van der Waals surface area contributed by atoms with Crippen molar-refractivity contribution in [3.63, 3.8) is 0 Å². The largest absolute Gasteiger partial charge is 0.492 e. The van der Waals surface area contributed by atoms with Crippen molar-refractivity contribution in [1.29, 1.82) is 0 Å². The van der Waals surface area contributed by atoms with Crippen molar-refractivity contribution in [2.24, 2.45) is 11.3 Å². The molecule has 1 aliphatic carbocycles. The lowest BCUT2D eigenvalue weighted by atomic mass is 9.71. The van der Waals surface area contributed by atoms with Crippen molar-refractivity contribution in [2.75, 3.05) is 13.2 Å². The third-order valence-electron chi connectivity index (χ3n) is 5.56. The van der Waals surface area contributed by atoms with E-state index >= 15 is 0 Å². The fourth-order valence-electron chi connectivity index (χ4n) is 4.21. The molecule has 1 N–H and O–H groups in total. The van der Waals surface area contributed by atoms with Crippen LogP contribution < -0.4 is 9.46 Å². The molecule has 2 unspecified atom stereocenters. The molecule has 2 atom stereocenters. The summed E-state index contributed by atoms with van der Waals surface area (Å²) in [6.45, 7) is 14.9. The van der Waals surface area contributed by atoms with Gasteiger partial charge in [0, 0.05) is 17.7 Å². The van der Waals surface area contributed by atoms with Crippen LogP contribution >= 0.6 is 24.6 Å². The van der Waals surface area contributed by atoms with Crippen molar-refractivity contribution in [1.82, 2.24) is 4.72 Å². The van der Waals surface area contributed by atoms with E-state index in [2.05, 4.69) is 81.8 Å². The number of ether oxygens (including phenoxy) is 1. The molecule has 0 bridgehead atoms. The minimum absolute atomic E-state index is 0.412. The fourth-order valence-corrected chi connectivity index (χ4v) is 6.10.